The van der Waals surface area contributed by atoms with Gasteiger partial charge in [0.25, 0.3) is 0 Å². The summed E-state index contributed by atoms with van der Waals surface area (Å²) in [6, 6.07) is 4.35. The Bertz CT molecular complexity index is 349. The molecule has 0 aliphatic rings. The van der Waals surface area contributed by atoms with Crippen molar-refractivity contribution in [1.29, 1.82) is 0 Å². The Morgan fingerprint density at radius 3 is 2.25 bits per heavy atom. The van der Waals surface area contributed by atoms with Gasteiger partial charge < -0.3 is 9.79 Å². The quantitative estimate of drug-likeness (QED) is 0.740. The molecule has 0 bridgehead atoms. The second-order valence-corrected chi connectivity index (χ2v) is 6.08. The van der Waals surface area contributed by atoms with Crippen LogP contribution in [-0.2, 0) is 11.8 Å². The summed E-state index contributed by atoms with van der Waals surface area (Å²) in [6.07, 6.45) is 0. The van der Waals surface area contributed by atoms with Crippen molar-refractivity contribution in [3.05, 3.63) is 28.2 Å². The van der Waals surface area contributed by atoms with Gasteiger partial charge in [-0.1, -0.05) is 23.2 Å². The zero-order valence-electron chi connectivity index (χ0n) is 5.74. The van der Waals surface area contributed by atoms with Crippen LogP contribution in [0.3, 0.4) is 0 Å². The molecule has 0 aromatic heterocycles. The predicted octanol–water partition coefficient (Wildman–Crippen LogP) is 1.91. The van der Waals surface area contributed by atoms with Gasteiger partial charge in [-0.25, -0.2) is 0 Å². The lowest BCUT2D eigenvalue weighted by Crippen LogP contribution is -2.04. The standard InChI is InChI=1S/C6H5Cl2O2PS/c7-4-1-2-6(5(8)3-4)11(9,10)12/h1-3H,(H2,9,10,12). The highest BCUT2D eigenvalue weighted by atomic mass is 35.5. The maximum Gasteiger partial charge on any atom is 0.215 e. The largest absolute Gasteiger partial charge is 0.342 e. The second-order valence-electron chi connectivity index (χ2n) is 2.14. The highest BCUT2D eigenvalue weighted by Gasteiger charge is 2.15. The molecule has 66 valence electrons. The lowest BCUT2D eigenvalue weighted by Gasteiger charge is -2.09. The van der Waals surface area contributed by atoms with Crippen molar-refractivity contribution in [2.24, 2.45) is 0 Å². The normalized spacial score (nSPS) is 11.7. The van der Waals surface area contributed by atoms with Gasteiger partial charge in [-0.15, -0.1) is 0 Å². The third kappa shape index (κ3) is 2.43. The van der Waals surface area contributed by atoms with E-state index in [0.29, 0.717) is 5.02 Å². The van der Waals surface area contributed by atoms with Crippen LogP contribution in [0.5, 0.6) is 0 Å². The van der Waals surface area contributed by atoms with Crippen LogP contribution >= 0.6 is 29.7 Å². The summed E-state index contributed by atoms with van der Waals surface area (Å²) in [5.74, 6) is 0. The van der Waals surface area contributed by atoms with E-state index in [1.807, 2.05) is 0 Å². The predicted molar refractivity (Wildman–Crippen MR) is 54.8 cm³/mol. The van der Waals surface area contributed by atoms with E-state index in [1.165, 1.54) is 18.2 Å². The van der Waals surface area contributed by atoms with Crippen molar-refractivity contribution in [3.8, 4) is 0 Å². The van der Waals surface area contributed by atoms with Gasteiger partial charge in [0.1, 0.15) is 0 Å². The van der Waals surface area contributed by atoms with E-state index in [4.69, 9.17) is 33.0 Å². The van der Waals surface area contributed by atoms with Crippen molar-refractivity contribution in [3.63, 3.8) is 0 Å². The topological polar surface area (TPSA) is 40.5 Å². The van der Waals surface area contributed by atoms with Crippen LogP contribution in [0, 0.1) is 0 Å². The van der Waals surface area contributed by atoms with Crippen molar-refractivity contribution in [2.75, 3.05) is 0 Å². The Morgan fingerprint density at radius 2 is 1.83 bits per heavy atom. The van der Waals surface area contributed by atoms with Crippen LogP contribution in [0.2, 0.25) is 10.0 Å². The fraction of sp³-hybridized carbons (Fsp3) is 0. The summed E-state index contributed by atoms with van der Waals surface area (Å²) in [5.41, 5.74) is 0. The molecular weight excluding hydrogens is 238 g/mol. The number of halogens is 2. The first kappa shape index (κ1) is 10.5. The fourth-order valence-corrected chi connectivity index (χ4v) is 2.72. The zero-order valence-corrected chi connectivity index (χ0v) is 8.96. The molecule has 0 radical (unpaired) electrons. The summed E-state index contributed by atoms with van der Waals surface area (Å²) in [5, 5.41) is 0.798. The third-order valence-corrected chi connectivity index (χ3v) is 3.51. The maximum atomic E-state index is 9.11. The Hall–Kier alpha value is 0.370. The Balaban J connectivity index is 3.28. The molecule has 0 aliphatic carbocycles. The molecule has 0 saturated heterocycles. The maximum absolute atomic E-state index is 9.11. The molecule has 2 nitrogen and oxygen atoms in total. The molecule has 1 rings (SSSR count). The molecular formula is C6H5Cl2O2PS. The van der Waals surface area contributed by atoms with Crippen LogP contribution < -0.4 is 5.30 Å². The summed E-state index contributed by atoms with van der Waals surface area (Å²) >= 11 is 15.7. The summed E-state index contributed by atoms with van der Waals surface area (Å²) in [4.78, 5) is 18.2. The lowest BCUT2D eigenvalue weighted by molar-refractivity contribution is 0.493. The Kier molecular flexibility index (Phi) is 3.16. The van der Waals surface area contributed by atoms with Crippen molar-refractivity contribution >= 4 is 46.8 Å². The molecule has 0 amide bonds. The molecule has 0 atom stereocenters. The van der Waals surface area contributed by atoms with Crippen LogP contribution in [0.4, 0.5) is 0 Å². The molecule has 12 heavy (non-hydrogen) atoms. The van der Waals surface area contributed by atoms with E-state index >= 15 is 0 Å². The van der Waals surface area contributed by atoms with Gasteiger partial charge in [-0.2, -0.15) is 0 Å². The van der Waals surface area contributed by atoms with Gasteiger partial charge in [0.05, 0.1) is 10.3 Å². The second kappa shape index (κ2) is 3.62. The zero-order chi connectivity index (χ0) is 9.35. The van der Waals surface area contributed by atoms with Gasteiger partial charge in [-0.05, 0) is 30.0 Å². The van der Waals surface area contributed by atoms with Crippen LogP contribution in [0.25, 0.3) is 0 Å². The van der Waals surface area contributed by atoms with E-state index in [-0.39, 0.29) is 10.3 Å². The summed E-state index contributed by atoms with van der Waals surface area (Å²) in [7, 11) is 0. The number of benzene rings is 1. The average molecular weight is 243 g/mol. The first-order chi connectivity index (χ1) is 5.41. The highest BCUT2D eigenvalue weighted by Crippen LogP contribution is 2.37. The van der Waals surface area contributed by atoms with E-state index in [1.54, 1.807) is 0 Å². The molecule has 0 spiro atoms. The van der Waals surface area contributed by atoms with Crippen LogP contribution in [-0.4, -0.2) is 9.79 Å². The molecule has 0 heterocycles. The SMILES string of the molecule is OP(O)(=S)c1ccc(Cl)cc1Cl. The summed E-state index contributed by atoms with van der Waals surface area (Å²) < 4.78 is 0. The molecule has 0 saturated carbocycles. The smallest absolute Gasteiger partial charge is 0.215 e. The van der Waals surface area contributed by atoms with E-state index in [0.717, 1.165) is 0 Å². The molecule has 0 unspecified atom stereocenters. The number of hydrogen-bond acceptors (Lipinski definition) is 1. The van der Waals surface area contributed by atoms with Gasteiger partial charge in [0.2, 0.25) is 6.49 Å². The lowest BCUT2D eigenvalue weighted by atomic mass is 10.4. The molecule has 0 fully saturated rings. The summed E-state index contributed by atoms with van der Waals surface area (Å²) in [6.45, 7) is -3.43. The van der Waals surface area contributed by atoms with E-state index < -0.39 is 6.49 Å². The fourth-order valence-electron chi connectivity index (χ4n) is 0.717. The number of rotatable bonds is 1. The minimum atomic E-state index is -3.43. The van der Waals surface area contributed by atoms with Crippen LogP contribution in [0.1, 0.15) is 0 Å². The van der Waals surface area contributed by atoms with Gasteiger partial charge in [-0.3, -0.25) is 0 Å². The minimum Gasteiger partial charge on any atom is -0.342 e. The highest BCUT2D eigenvalue weighted by molar-refractivity contribution is 8.12. The average Bonchev–Trinajstić information content (AvgIpc) is 1.83. The number of hydrogen-bond donors (Lipinski definition) is 2. The van der Waals surface area contributed by atoms with Crippen LogP contribution in [0.15, 0.2) is 18.2 Å². The third-order valence-electron chi connectivity index (χ3n) is 1.22. The van der Waals surface area contributed by atoms with E-state index in [2.05, 4.69) is 11.8 Å². The van der Waals surface area contributed by atoms with Crippen molar-refractivity contribution in [2.45, 2.75) is 0 Å². The first-order valence-electron chi connectivity index (χ1n) is 2.92. The van der Waals surface area contributed by atoms with Crippen molar-refractivity contribution in [1.82, 2.24) is 0 Å². The van der Waals surface area contributed by atoms with Gasteiger partial charge in [0, 0.05) is 5.02 Å². The molecule has 6 heteroatoms. The molecule has 1 aromatic rings. The van der Waals surface area contributed by atoms with E-state index in [9.17, 15) is 0 Å². The Labute approximate surface area is 84.9 Å². The molecule has 0 aliphatic heterocycles. The Morgan fingerprint density at radius 1 is 1.25 bits per heavy atom. The van der Waals surface area contributed by atoms with Gasteiger partial charge >= 0.3 is 0 Å². The first-order valence-corrected chi connectivity index (χ1v) is 6.39. The molecule has 2 N–H and O–H groups in total. The minimum absolute atomic E-state index is 0.170. The van der Waals surface area contributed by atoms with Gasteiger partial charge in [0.15, 0.2) is 0 Å². The molecule has 1 aromatic carbocycles. The van der Waals surface area contributed by atoms with Crippen molar-refractivity contribution < 1.29 is 9.79 Å². The monoisotopic (exact) mass is 242 g/mol.